The molecule has 2 heterocycles. The third kappa shape index (κ3) is 6.80. The number of rotatable bonds is 9. The highest BCUT2D eigenvalue weighted by molar-refractivity contribution is 5.71. The summed E-state index contributed by atoms with van der Waals surface area (Å²) in [6, 6.07) is 6.05. The van der Waals surface area contributed by atoms with E-state index in [0.29, 0.717) is 0 Å². The Morgan fingerprint density at radius 3 is 2.65 bits per heavy atom. The van der Waals surface area contributed by atoms with E-state index in [1.165, 1.54) is 56.6 Å². The summed E-state index contributed by atoms with van der Waals surface area (Å²) in [7, 11) is 0. The van der Waals surface area contributed by atoms with Crippen LogP contribution in [0.5, 0.6) is 0 Å². The minimum Gasteiger partial charge on any atom is -0.385 e. The highest BCUT2D eigenvalue weighted by atomic mass is 15.1. The molecule has 1 aromatic rings. The zero-order chi connectivity index (χ0) is 18.6. The zero-order valence-electron chi connectivity index (χ0n) is 16.8. The van der Waals surface area contributed by atoms with Crippen molar-refractivity contribution in [1.82, 2.24) is 15.2 Å². The van der Waals surface area contributed by atoms with Gasteiger partial charge in [-0.15, -0.1) is 0 Å². The van der Waals surface area contributed by atoms with E-state index in [1.54, 1.807) is 0 Å². The van der Waals surface area contributed by atoms with Crippen LogP contribution < -0.4 is 5.32 Å². The summed E-state index contributed by atoms with van der Waals surface area (Å²) in [5, 5.41) is 3.66. The lowest BCUT2D eigenvalue weighted by atomic mass is 10.1. The van der Waals surface area contributed by atoms with E-state index in [9.17, 15) is 0 Å². The minimum atomic E-state index is 1.02. The zero-order valence-corrected chi connectivity index (χ0v) is 16.8. The molecule has 0 atom stereocenters. The number of allylic oxidation sites excluding steroid dienone is 5. The second-order valence-electron chi connectivity index (χ2n) is 7.02. The Kier molecular flexibility index (Phi) is 9.19. The van der Waals surface area contributed by atoms with Crippen molar-refractivity contribution < 1.29 is 0 Å². The van der Waals surface area contributed by atoms with Crippen molar-refractivity contribution in [2.45, 2.75) is 52.9 Å². The molecular formula is C23H35N3. The summed E-state index contributed by atoms with van der Waals surface area (Å²) >= 11 is 0. The molecule has 0 radical (unpaired) electrons. The highest BCUT2D eigenvalue weighted by Crippen LogP contribution is 2.15. The molecule has 3 heteroatoms. The molecule has 1 fully saturated rings. The molecule has 1 aromatic heterocycles. The maximum Gasteiger partial charge on any atom is 0.0698 e. The first-order chi connectivity index (χ1) is 12.7. The molecule has 3 nitrogen and oxygen atoms in total. The third-order valence-corrected chi connectivity index (χ3v) is 5.11. The number of nitrogens with one attached hydrogen (secondary N) is 1. The predicted molar refractivity (Wildman–Crippen MR) is 113 cm³/mol. The fourth-order valence-corrected chi connectivity index (χ4v) is 3.29. The van der Waals surface area contributed by atoms with Crippen LogP contribution in [-0.2, 0) is 0 Å². The van der Waals surface area contributed by atoms with E-state index in [4.69, 9.17) is 0 Å². The molecule has 2 rings (SSSR count). The molecule has 1 aliphatic heterocycles. The van der Waals surface area contributed by atoms with Crippen molar-refractivity contribution in [2.75, 3.05) is 26.2 Å². The molecule has 1 aliphatic rings. The van der Waals surface area contributed by atoms with Crippen molar-refractivity contribution in [3.63, 3.8) is 0 Å². The number of piperidine rings is 1. The maximum atomic E-state index is 4.46. The Bertz CT molecular complexity index is 608. The lowest BCUT2D eigenvalue weighted by Gasteiger charge is -2.26. The smallest absolute Gasteiger partial charge is 0.0698 e. The van der Waals surface area contributed by atoms with E-state index in [2.05, 4.69) is 60.3 Å². The molecule has 0 spiro atoms. The lowest BCUT2D eigenvalue weighted by molar-refractivity contribution is 0.226. The summed E-state index contributed by atoms with van der Waals surface area (Å²) in [6.07, 6.45) is 14.8. The Labute approximate surface area is 159 Å². The van der Waals surface area contributed by atoms with Gasteiger partial charge in [0.1, 0.15) is 0 Å². The molecule has 0 aliphatic carbocycles. The molecule has 0 amide bonds. The summed E-state index contributed by atoms with van der Waals surface area (Å²) in [4.78, 5) is 7.07. The molecule has 1 saturated heterocycles. The van der Waals surface area contributed by atoms with E-state index in [0.717, 1.165) is 24.2 Å². The van der Waals surface area contributed by atoms with Gasteiger partial charge < -0.3 is 10.2 Å². The fraction of sp³-hybridized carbons (Fsp3) is 0.522. The number of hydrogen-bond donors (Lipinski definition) is 1. The number of aromatic nitrogens is 1. The van der Waals surface area contributed by atoms with Gasteiger partial charge in [0.2, 0.25) is 0 Å². The summed E-state index contributed by atoms with van der Waals surface area (Å²) in [5.41, 5.74) is 4.82. The number of hydrogen-bond acceptors (Lipinski definition) is 3. The second kappa shape index (κ2) is 11.7. The average molecular weight is 354 g/mol. The first-order valence-electron chi connectivity index (χ1n) is 10.2. The third-order valence-electron chi connectivity index (χ3n) is 5.11. The van der Waals surface area contributed by atoms with E-state index < -0.39 is 0 Å². The van der Waals surface area contributed by atoms with Crippen LogP contribution in [-0.4, -0.2) is 36.1 Å². The summed E-state index contributed by atoms with van der Waals surface area (Å²) in [6.45, 7) is 11.3. The van der Waals surface area contributed by atoms with Gasteiger partial charge in [-0.25, -0.2) is 0 Å². The standard InChI is InChI=1S/C23H35N3/c1-4-20(3)22(24-16-11-19-26-17-9-6-10-18-26)14-13-21(5-2)23-12-7-8-15-25-23/h5,7-8,12-15,24H,4,6,9-11,16-19H2,1-3H3/b14-13-,21-5+,22-20-. The van der Waals surface area contributed by atoms with E-state index in [1.807, 2.05) is 18.3 Å². The minimum absolute atomic E-state index is 1.02. The Hall–Kier alpha value is -1.87. The predicted octanol–water partition coefficient (Wildman–Crippen LogP) is 5.19. The van der Waals surface area contributed by atoms with Crippen LogP contribution in [0.15, 0.2) is 53.9 Å². The van der Waals surface area contributed by atoms with Crippen molar-refractivity contribution in [2.24, 2.45) is 0 Å². The van der Waals surface area contributed by atoms with Gasteiger partial charge in [-0.3, -0.25) is 4.98 Å². The van der Waals surface area contributed by atoms with Crippen LogP contribution in [0.3, 0.4) is 0 Å². The average Bonchev–Trinajstić information content (AvgIpc) is 2.71. The lowest BCUT2D eigenvalue weighted by Crippen LogP contribution is -2.32. The summed E-state index contributed by atoms with van der Waals surface area (Å²) < 4.78 is 0. The van der Waals surface area contributed by atoms with Crippen LogP contribution in [0.4, 0.5) is 0 Å². The van der Waals surface area contributed by atoms with Crippen molar-refractivity contribution in [3.8, 4) is 0 Å². The van der Waals surface area contributed by atoms with E-state index in [-0.39, 0.29) is 0 Å². The van der Waals surface area contributed by atoms with E-state index >= 15 is 0 Å². The SMILES string of the molecule is C\C=C(/C=C\C(NCCCN1CCCCC1)=C(/C)CC)c1ccccn1. The fourth-order valence-electron chi connectivity index (χ4n) is 3.29. The van der Waals surface area contributed by atoms with Gasteiger partial charge in [0.25, 0.3) is 0 Å². The van der Waals surface area contributed by atoms with Crippen LogP contribution in [0.2, 0.25) is 0 Å². The molecule has 0 aromatic carbocycles. The van der Waals surface area contributed by atoms with Gasteiger partial charge >= 0.3 is 0 Å². The Morgan fingerprint density at radius 2 is 2.00 bits per heavy atom. The Morgan fingerprint density at radius 1 is 1.19 bits per heavy atom. The quantitative estimate of drug-likeness (QED) is 0.489. The van der Waals surface area contributed by atoms with Gasteiger partial charge in [0.15, 0.2) is 0 Å². The van der Waals surface area contributed by atoms with Gasteiger partial charge in [-0.05, 0) is 82.9 Å². The molecule has 0 saturated carbocycles. The van der Waals surface area contributed by atoms with Crippen molar-refractivity contribution in [3.05, 3.63) is 59.6 Å². The van der Waals surface area contributed by atoms with Gasteiger partial charge in [0, 0.05) is 18.4 Å². The first-order valence-corrected chi connectivity index (χ1v) is 10.2. The molecule has 1 N–H and O–H groups in total. The Balaban J connectivity index is 1.90. The van der Waals surface area contributed by atoms with Gasteiger partial charge in [-0.1, -0.05) is 37.1 Å². The van der Waals surface area contributed by atoms with Crippen LogP contribution in [0.1, 0.15) is 58.6 Å². The largest absolute Gasteiger partial charge is 0.385 e. The molecule has 0 unspecified atom stereocenters. The molecular weight excluding hydrogens is 318 g/mol. The number of nitrogens with zero attached hydrogens (tertiary/aromatic N) is 2. The maximum absolute atomic E-state index is 4.46. The molecule has 26 heavy (non-hydrogen) atoms. The number of pyridine rings is 1. The van der Waals surface area contributed by atoms with Crippen LogP contribution in [0.25, 0.3) is 5.57 Å². The van der Waals surface area contributed by atoms with Crippen LogP contribution in [0, 0.1) is 0 Å². The van der Waals surface area contributed by atoms with Crippen LogP contribution >= 0.6 is 0 Å². The topological polar surface area (TPSA) is 28.2 Å². The molecule has 0 bridgehead atoms. The van der Waals surface area contributed by atoms with Gasteiger partial charge in [-0.2, -0.15) is 0 Å². The normalized spacial score (nSPS) is 17.4. The first kappa shape index (κ1) is 20.4. The monoisotopic (exact) mass is 353 g/mol. The van der Waals surface area contributed by atoms with Crippen molar-refractivity contribution >= 4 is 5.57 Å². The van der Waals surface area contributed by atoms with Crippen molar-refractivity contribution in [1.29, 1.82) is 0 Å². The summed E-state index contributed by atoms with van der Waals surface area (Å²) in [5.74, 6) is 0. The molecule has 142 valence electrons. The van der Waals surface area contributed by atoms with Gasteiger partial charge in [0.05, 0.1) is 5.69 Å². The number of likely N-dealkylation sites (tertiary alicyclic amines) is 1. The highest BCUT2D eigenvalue weighted by Gasteiger charge is 2.09. The second-order valence-corrected chi connectivity index (χ2v) is 7.02.